The number of fused-ring (bicyclic) bond motifs is 1. The number of para-hydroxylation sites is 1. The molecule has 0 saturated carbocycles. The summed E-state index contributed by atoms with van der Waals surface area (Å²) in [5.41, 5.74) is 34.5. The lowest BCUT2D eigenvalue weighted by atomic mass is 10.0. The van der Waals surface area contributed by atoms with Crippen LogP contribution in [0.5, 0.6) is 0 Å². The van der Waals surface area contributed by atoms with Gasteiger partial charge in [-0.1, -0.05) is 18.2 Å². The van der Waals surface area contributed by atoms with Crippen molar-refractivity contribution in [1.29, 1.82) is 0 Å². The zero-order valence-electron chi connectivity index (χ0n) is 30.2. The van der Waals surface area contributed by atoms with Crippen LogP contribution in [-0.2, 0) is 40.0 Å². The molecule has 1 aromatic heterocycles. The summed E-state index contributed by atoms with van der Waals surface area (Å²) in [6.45, 7) is 0.116. The van der Waals surface area contributed by atoms with Crippen LogP contribution >= 0.6 is 0 Å². The highest BCUT2D eigenvalue weighted by Crippen LogP contribution is 2.19. The smallest absolute Gasteiger partial charge is 0.303 e. The van der Waals surface area contributed by atoms with E-state index in [4.69, 9.17) is 39.5 Å². The minimum Gasteiger partial charge on any atom is -0.481 e. The number of aliphatic imine (C=N–C) groups is 2. The summed E-state index contributed by atoms with van der Waals surface area (Å²) in [6, 6.07) is 0.530. The highest BCUT2D eigenvalue weighted by Gasteiger charge is 2.32. The molecule has 0 unspecified atom stereocenters. The molecule has 55 heavy (non-hydrogen) atoms. The van der Waals surface area contributed by atoms with Gasteiger partial charge in [-0.15, -0.1) is 0 Å². The summed E-state index contributed by atoms with van der Waals surface area (Å²) in [5.74, 6) is -7.33. The fourth-order valence-electron chi connectivity index (χ4n) is 5.33. The lowest BCUT2D eigenvalue weighted by Gasteiger charge is -2.26. The van der Waals surface area contributed by atoms with Gasteiger partial charge in [-0.25, -0.2) is 0 Å². The van der Waals surface area contributed by atoms with Gasteiger partial charge in [0, 0.05) is 49.5 Å². The van der Waals surface area contributed by atoms with Crippen molar-refractivity contribution in [2.24, 2.45) is 44.4 Å². The van der Waals surface area contributed by atoms with E-state index in [1.54, 1.807) is 12.3 Å². The number of amides is 5. The van der Waals surface area contributed by atoms with Crippen molar-refractivity contribution in [2.75, 3.05) is 13.1 Å². The minimum atomic E-state index is -1.55. The highest BCUT2D eigenvalue weighted by atomic mass is 16.4. The number of aromatic nitrogens is 1. The first-order chi connectivity index (χ1) is 26.0. The molecule has 1 heterocycles. The topological polar surface area (TPSA) is 405 Å². The summed E-state index contributed by atoms with van der Waals surface area (Å²) in [7, 11) is 0. The number of primary amides is 1. The molecule has 19 N–H and O–H groups in total. The Labute approximate surface area is 315 Å². The fraction of sp³-hybridized carbons (Fsp3) is 0.485. The maximum atomic E-state index is 13.7. The Morgan fingerprint density at radius 3 is 1.58 bits per heavy atom. The second-order valence-electron chi connectivity index (χ2n) is 12.6. The SMILES string of the molecule is NC(=O)[C@H](Cc1c[nH]c2ccccc12)NC(=O)[C@H](CCCN=C(N)N)NC(=O)[C@H](CCC(=O)O)NC(=O)[C@H](CCCN=C(N)N)NC(=O)[C@@H](N)CCC(=O)O. The number of hydrogen-bond donors (Lipinski definition) is 13. The van der Waals surface area contributed by atoms with E-state index in [2.05, 4.69) is 36.2 Å². The summed E-state index contributed by atoms with van der Waals surface area (Å²) in [6.07, 6.45) is 0.183. The van der Waals surface area contributed by atoms with Gasteiger partial charge in [-0.3, -0.25) is 43.5 Å². The number of carbonyl (C=O) groups is 7. The van der Waals surface area contributed by atoms with E-state index in [-0.39, 0.29) is 63.5 Å². The van der Waals surface area contributed by atoms with E-state index in [1.807, 2.05) is 18.2 Å². The van der Waals surface area contributed by atoms with Crippen LogP contribution < -0.4 is 55.7 Å². The average molecular weight is 774 g/mol. The van der Waals surface area contributed by atoms with Crippen LogP contribution in [0.25, 0.3) is 10.9 Å². The van der Waals surface area contributed by atoms with E-state index in [0.717, 1.165) is 10.9 Å². The molecule has 5 amide bonds. The molecule has 0 aliphatic carbocycles. The number of H-pyrrole nitrogens is 1. The third-order valence-electron chi connectivity index (χ3n) is 8.20. The predicted molar refractivity (Wildman–Crippen MR) is 200 cm³/mol. The summed E-state index contributed by atoms with van der Waals surface area (Å²) in [5, 5.41) is 29.1. The molecule has 0 radical (unpaired) electrons. The van der Waals surface area contributed by atoms with Gasteiger partial charge in [0.05, 0.1) is 6.04 Å². The number of carbonyl (C=O) groups excluding carboxylic acids is 5. The van der Waals surface area contributed by atoms with Crippen LogP contribution in [0.1, 0.15) is 56.9 Å². The number of hydrogen-bond acceptors (Lipinski definition) is 10. The number of nitrogens with two attached hydrogens (primary N) is 6. The van der Waals surface area contributed by atoms with Crippen molar-refractivity contribution in [2.45, 2.75) is 88.0 Å². The second-order valence-corrected chi connectivity index (χ2v) is 12.6. The molecule has 22 nitrogen and oxygen atoms in total. The van der Waals surface area contributed by atoms with E-state index in [1.165, 1.54) is 0 Å². The average Bonchev–Trinajstić information content (AvgIpc) is 3.52. The molecule has 302 valence electrons. The predicted octanol–water partition coefficient (Wildman–Crippen LogP) is -3.70. The van der Waals surface area contributed by atoms with Gasteiger partial charge >= 0.3 is 11.9 Å². The number of rotatable bonds is 25. The fourth-order valence-corrected chi connectivity index (χ4v) is 5.33. The Hall–Kier alpha value is -6.45. The largest absolute Gasteiger partial charge is 0.481 e. The minimum absolute atomic E-state index is 0.00725. The lowest BCUT2D eigenvalue weighted by Crippen LogP contribution is -2.59. The quantitative estimate of drug-likeness (QED) is 0.0262. The summed E-state index contributed by atoms with van der Waals surface area (Å²) >= 11 is 0. The highest BCUT2D eigenvalue weighted by molar-refractivity contribution is 5.96. The molecular weight excluding hydrogens is 722 g/mol. The number of aliphatic carboxylic acids is 2. The Morgan fingerprint density at radius 1 is 0.636 bits per heavy atom. The molecule has 0 saturated heterocycles. The lowest BCUT2D eigenvalue weighted by molar-refractivity contribution is -0.138. The zero-order valence-corrected chi connectivity index (χ0v) is 30.2. The van der Waals surface area contributed by atoms with Gasteiger partial charge in [0.2, 0.25) is 29.5 Å². The standard InChI is InChI=1S/C33H51N13O9/c34-19(9-11-25(47)48)28(52)43-21(7-3-13-40-32(36)37)29(53)45-23(10-12-26(49)50)31(55)44-22(8-4-14-41-33(38)39)30(54)46-24(27(35)51)15-17-16-42-20-6-2-1-5-18(17)20/h1-2,5-6,16,19,21-24,42H,3-4,7-15,34H2,(H2,35,51)(H,43,52)(H,44,55)(H,45,53)(H,46,54)(H,47,48)(H,49,50)(H4,36,37,40)(H4,38,39,41)/t19-,21-,22-,23-,24-/m0/s1. The molecule has 22 heteroatoms. The first-order valence-electron chi connectivity index (χ1n) is 17.3. The number of benzene rings is 1. The third-order valence-corrected chi connectivity index (χ3v) is 8.20. The van der Waals surface area contributed by atoms with Crippen LogP contribution in [0.2, 0.25) is 0 Å². The van der Waals surface area contributed by atoms with Crippen molar-refractivity contribution in [3.63, 3.8) is 0 Å². The first kappa shape index (κ1) is 44.7. The van der Waals surface area contributed by atoms with Gasteiger partial charge in [-0.2, -0.15) is 0 Å². The first-order valence-corrected chi connectivity index (χ1v) is 17.3. The van der Waals surface area contributed by atoms with Crippen molar-refractivity contribution in [1.82, 2.24) is 26.3 Å². The second kappa shape index (κ2) is 22.6. The van der Waals surface area contributed by atoms with Gasteiger partial charge in [-0.05, 0) is 50.2 Å². The molecule has 0 bridgehead atoms. The zero-order chi connectivity index (χ0) is 41.1. The van der Waals surface area contributed by atoms with E-state index in [9.17, 15) is 38.7 Å². The molecule has 0 fully saturated rings. The maximum Gasteiger partial charge on any atom is 0.303 e. The monoisotopic (exact) mass is 773 g/mol. The maximum absolute atomic E-state index is 13.7. The van der Waals surface area contributed by atoms with Crippen molar-refractivity contribution in [3.8, 4) is 0 Å². The molecule has 1 aromatic carbocycles. The van der Waals surface area contributed by atoms with E-state index < -0.39 is 90.9 Å². The number of guanidine groups is 2. The van der Waals surface area contributed by atoms with Crippen LogP contribution in [0.3, 0.4) is 0 Å². The number of carboxylic acids is 2. The Kier molecular flexibility index (Phi) is 18.4. The molecule has 0 spiro atoms. The van der Waals surface area contributed by atoms with Gasteiger partial charge in [0.15, 0.2) is 11.9 Å². The number of nitrogens with zero attached hydrogens (tertiary/aromatic N) is 2. The Bertz CT molecular complexity index is 1720. The molecule has 2 rings (SSSR count). The molecule has 5 atom stereocenters. The summed E-state index contributed by atoms with van der Waals surface area (Å²) < 4.78 is 0. The molecule has 2 aromatic rings. The number of carboxylic acid groups (broad SMARTS) is 2. The van der Waals surface area contributed by atoms with Crippen LogP contribution in [0.4, 0.5) is 0 Å². The van der Waals surface area contributed by atoms with Crippen LogP contribution in [-0.4, -0.2) is 112 Å². The van der Waals surface area contributed by atoms with Gasteiger partial charge in [0.1, 0.15) is 24.2 Å². The molecule has 0 aliphatic rings. The Balaban J connectivity index is 2.33. The van der Waals surface area contributed by atoms with Crippen molar-refractivity contribution >= 4 is 64.3 Å². The van der Waals surface area contributed by atoms with Crippen LogP contribution in [0, 0.1) is 0 Å². The Morgan fingerprint density at radius 2 is 1.09 bits per heavy atom. The summed E-state index contributed by atoms with van der Waals surface area (Å²) in [4.78, 5) is 99.6. The molecular formula is C33H51N13O9. The van der Waals surface area contributed by atoms with Crippen molar-refractivity contribution in [3.05, 3.63) is 36.0 Å². The third kappa shape index (κ3) is 16.4. The molecule has 0 aliphatic heterocycles. The van der Waals surface area contributed by atoms with E-state index >= 15 is 0 Å². The van der Waals surface area contributed by atoms with Gasteiger partial charge in [0.25, 0.3) is 0 Å². The van der Waals surface area contributed by atoms with Crippen molar-refractivity contribution < 1.29 is 43.8 Å². The van der Waals surface area contributed by atoms with E-state index in [0.29, 0.717) is 5.56 Å². The number of aromatic amines is 1. The van der Waals surface area contributed by atoms with Crippen LogP contribution in [0.15, 0.2) is 40.4 Å². The number of nitrogens with one attached hydrogen (secondary N) is 5. The normalized spacial score (nSPS) is 13.5. The van der Waals surface area contributed by atoms with Gasteiger partial charge < -0.3 is 70.9 Å².